The molecule has 0 atom stereocenters. The first-order valence-corrected chi connectivity index (χ1v) is 11.4. The van der Waals surface area contributed by atoms with E-state index in [1.807, 2.05) is 25.4 Å². The summed E-state index contributed by atoms with van der Waals surface area (Å²) in [4.78, 5) is 31.4. The van der Waals surface area contributed by atoms with Crippen molar-refractivity contribution in [1.82, 2.24) is 39.9 Å². The molecule has 170 valence electrons. The summed E-state index contributed by atoms with van der Waals surface area (Å²) < 4.78 is 2.10. The lowest BCUT2D eigenvalue weighted by Gasteiger charge is -2.31. The van der Waals surface area contributed by atoms with E-state index in [4.69, 9.17) is 4.98 Å². The Morgan fingerprint density at radius 1 is 1.18 bits per heavy atom. The highest BCUT2D eigenvalue weighted by molar-refractivity contribution is 5.94. The van der Waals surface area contributed by atoms with Gasteiger partial charge in [-0.3, -0.25) is 14.5 Å². The first kappa shape index (κ1) is 21.3. The number of aryl methyl sites for hydroxylation is 1. The minimum absolute atomic E-state index is 0.203. The maximum absolute atomic E-state index is 12.0. The van der Waals surface area contributed by atoms with Gasteiger partial charge in [0, 0.05) is 55.4 Å². The predicted octanol–water partition coefficient (Wildman–Crippen LogP) is 3.21. The molecule has 33 heavy (non-hydrogen) atoms. The summed E-state index contributed by atoms with van der Waals surface area (Å²) in [7, 11) is 1.60. The molecule has 0 bridgehead atoms. The van der Waals surface area contributed by atoms with E-state index in [-0.39, 0.29) is 5.91 Å². The van der Waals surface area contributed by atoms with Gasteiger partial charge in [-0.05, 0) is 37.9 Å². The normalized spacial score (nSPS) is 15.2. The zero-order chi connectivity index (χ0) is 22.9. The molecular formula is C24H28N8O. The van der Waals surface area contributed by atoms with E-state index < -0.39 is 0 Å². The molecule has 1 aliphatic rings. The summed E-state index contributed by atoms with van der Waals surface area (Å²) in [5, 5.41) is 7.28. The Kier molecular flexibility index (Phi) is 5.63. The first-order valence-electron chi connectivity index (χ1n) is 11.4. The number of aromatic nitrogens is 6. The third kappa shape index (κ3) is 4.00. The van der Waals surface area contributed by atoms with Crippen LogP contribution in [0.15, 0.2) is 37.1 Å². The van der Waals surface area contributed by atoms with Gasteiger partial charge >= 0.3 is 0 Å². The average molecular weight is 445 g/mol. The molecular weight excluding hydrogens is 416 g/mol. The van der Waals surface area contributed by atoms with Gasteiger partial charge < -0.3 is 15.2 Å². The molecule has 1 saturated heterocycles. The topological polar surface area (TPSA) is 105 Å². The van der Waals surface area contributed by atoms with Crippen LogP contribution in [0.5, 0.6) is 0 Å². The SMILES string of the molecule is CCN1CCC(n2cc(-c3c[nH]c4ncc(-c5cnc(C(=O)NC)c(C)c5)nc34)cn2)CC1. The Labute approximate surface area is 192 Å². The monoisotopic (exact) mass is 444 g/mol. The molecule has 0 spiro atoms. The summed E-state index contributed by atoms with van der Waals surface area (Å²) in [6.07, 6.45) is 11.6. The van der Waals surface area contributed by atoms with Gasteiger partial charge in [0.05, 0.1) is 24.1 Å². The number of amides is 1. The number of rotatable bonds is 5. The van der Waals surface area contributed by atoms with E-state index >= 15 is 0 Å². The third-order valence-corrected chi connectivity index (χ3v) is 6.49. The molecule has 5 heterocycles. The van der Waals surface area contributed by atoms with Crippen LogP contribution >= 0.6 is 0 Å². The van der Waals surface area contributed by atoms with Crippen molar-refractivity contribution in [3.63, 3.8) is 0 Å². The highest BCUT2D eigenvalue weighted by Crippen LogP contribution is 2.30. The number of fused-ring (bicyclic) bond motifs is 1. The molecule has 1 amide bonds. The molecule has 1 fully saturated rings. The Hall–Kier alpha value is -3.59. The molecule has 2 N–H and O–H groups in total. The molecule has 0 radical (unpaired) electrons. The lowest BCUT2D eigenvalue weighted by atomic mass is 10.1. The van der Waals surface area contributed by atoms with Crippen LogP contribution in [-0.4, -0.2) is 67.2 Å². The van der Waals surface area contributed by atoms with Crippen LogP contribution < -0.4 is 5.32 Å². The van der Waals surface area contributed by atoms with Crippen molar-refractivity contribution in [3.8, 4) is 22.4 Å². The van der Waals surface area contributed by atoms with Crippen LogP contribution in [0.2, 0.25) is 0 Å². The van der Waals surface area contributed by atoms with Crippen LogP contribution in [-0.2, 0) is 0 Å². The second-order valence-corrected chi connectivity index (χ2v) is 8.50. The highest BCUT2D eigenvalue weighted by Gasteiger charge is 2.21. The second-order valence-electron chi connectivity index (χ2n) is 8.50. The van der Waals surface area contributed by atoms with Crippen LogP contribution in [0, 0.1) is 6.92 Å². The van der Waals surface area contributed by atoms with Gasteiger partial charge in [0.1, 0.15) is 11.2 Å². The van der Waals surface area contributed by atoms with Gasteiger partial charge in [0.2, 0.25) is 0 Å². The number of pyridine rings is 1. The van der Waals surface area contributed by atoms with Gasteiger partial charge in [-0.15, -0.1) is 0 Å². The van der Waals surface area contributed by atoms with Crippen molar-refractivity contribution in [2.45, 2.75) is 32.7 Å². The van der Waals surface area contributed by atoms with Gasteiger partial charge in [-0.1, -0.05) is 6.92 Å². The molecule has 5 rings (SSSR count). The fraction of sp³-hybridized carbons (Fsp3) is 0.375. The predicted molar refractivity (Wildman–Crippen MR) is 127 cm³/mol. The Morgan fingerprint density at radius 2 is 2.00 bits per heavy atom. The summed E-state index contributed by atoms with van der Waals surface area (Å²) >= 11 is 0. The minimum Gasteiger partial charge on any atom is -0.354 e. The number of likely N-dealkylation sites (tertiary alicyclic amines) is 1. The van der Waals surface area contributed by atoms with Gasteiger partial charge in [-0.25, -0.2) is 9.97 Å². The fourth-order valence-electron chi connectivity index (χ4n) is 4.50. The number of aromatic amines is 1. The van der Waals surface area contributed by atoms with Crippen LogP contribution in [0.4, 0.5) is 0 Å². The maximum Gasteiger partial charge on any atom is 0.269 e. The molecule has 4 aromatic heterocycles. The maximum atomic E-state index is 12.0. The number of nitrogens with one attached hydrogen (secondary N) is 2. The van der Waals surface area contributed by atoms with E-state index in [0.29, 0.717) is 17.4 Å². The minimum atomic E-state index is -0.203. The molecule has 9 heteroatoms. The van der Waals surface area contributed by atoms with Gasteiger partial charge in [-0.2, -0.15) is 5.10 Å². The van der Waals surface area contributed by atoms with E-state index in [1.54, 1.807) is 19.4 Å². The fourth-order valence-corrected chi connectivity index (χ4v) is 4.50. The van der Waals surface area contributed by atoms with Crippen molar-refractivity contribution in [2.75, 3.05) is 26.7 Å². The molecule has 0 aromatic carbocycles. The smallest absolute Gasteiger partial charge is 0.269 e. The molecule has 1 aliphatic heterocycles. The van der Waals surface area contributed by atoms with Gasteiger partial charge in [0.25, 0.3) is 5.91 Å². The molecule has 0 unspecified atom stereocenters. The Bertz CT molecular complexity index is 1300. The van der Waals surface area contributed by atoms with Crippen molar-refractivity contribution in [3.05, 3.63) is 48.3 Å². The van der Waals surface area contributed by atoms with E-state index in [0.717, 1.165) is 65.9 Å². The van der Waals surface area contributed by atoms with Crippen LogP contribution in [0.25, 0.3) is 33.5 Å². The van der Waals surface area contributed by atoms with Crippen molar-refractivity contribution >= 4 is 17.1 Å². The largest absolute Gasteiger partial charge is 0.354 e. The summed E-state index contributed by atoms with van der Waals surface area (Å²) in [6, 6.07) is 2.35. The van der Waals surface area contributed by atoms with Crippen LogP contribution in [0.3, 0.4) is 0 Å². The number of carbonyl (C=O) groups excluding carboxylic acids is 1. The quantitative estimate of drug-likeness (QED) is 0.490. The Balaban J connectivity index is 1.45. The summed E-state index contributed by atoms with van der Waals surface area (Å²) in [6.45, 7) is 7.42. The van der Waals surface area contributed by atoms with Crippen LogP contribution in [0.1, 0.15) is 41.9 Å². The number of hydrogen-bond acceptors (Lipinski definition) is 6. The summed E-state index contributed by atoms with van der Waals surface area (Å²) in [5.74, 6) is -0.203. The average Bonchev–Trinajstić information content (AvgIpc) is 3.50. The third-order valence-electron chi connectivity index (χ3n) is 6.49. The number of H-pyrrole nitrogens is 1. The Morgan fingerprint density at radius 3 is 2.73 bits per heavy atom. The lowest BCUT2D eigenvalue weighted by Crippen LogP contribution is -2.34. The first-order chi connectivity index (χ1) is 16.1. The zero-order valence-corrected chi connectivity index (χ0v) is 19.2. The number of nitrogens with zero attached hydrogens (tertiary/aromatic N) is 6. The van der Waals surface area contributed by atoms with Crippen molar-refractivity contribution in [1.29, 1.82) is 0 Å². The van der Waals surface area contributed by atoms with E-state index in [9.17, 15) is 4.79 Å². The second kappa shape index (κ2) is 8.74. The number of carbonyl (C=O) groups is 1. The van der Waals surface area contributed by atoms with E-state index in [1.165, 1.54) is 0 Å². The number of hydrogen-bond donors (Lipinski definition) is 2. The lowest BCUT2D eigenvalue weighted by molar-refractivity contribution is 0.0957. The molecule has 4 aromatic rings. The van der Waals surface area contributed by atoms with Crippen molar-refractivity contribution < 1.29 is 4.79 Å². The highest BCUT2D eigenvalue weighted by atomic mass is 16.1. The molecule has 0 aliphatic carbocycles. The standard InChI is InChI=1S/C24H28N8O/c1-4-31-7-5-18(6-8-31)32-14-17(11-29-32)19-12-27-23-22(19)30-20(13-28-23)16-9-15(2)21(26-10-16)24(33)25-3/h9-14,18H,4-8H2,1-3H3,(H,25,33)(H,27,28). The summed E-state index contributed by atoms with van der Waals surface area (Å²) in [5.41, 5.74) is 6.25. The molecule has 9 nitrogen and oxygen atoms in total. The zero-order valence-electron chi connectivity index (χ0n) is 19.2. The number of piperidine rings is 1. The van der Waals surface area contributed by atoms with Gasteiger partial charge in [0.15, 0.2) is 5.65 Å². The van der Waals surface area contributed by atoms with Crippen molar-refractivity contribution in [2.24, 2.45) is 0 Å². The molecule has 0 saturated carbocycles. The van der Waals surface area contributed by atoms with E-state index in [2.05, 4.69) is 48.1 Å².